The van der Waals surface area contributed by atoms with Crippen LogP contribution >= 0.6 is 0 Å². The molecule has 0 aliphatic heterocycles. The minimum atomic E-state index is -0.549. The molecule has 5 nitrogen and oxygen atoms in total. The number of ether oxygens (including phenoxy) is 1. The van der Waals surface area contributed by atoms with Gasteiger partial charge in [0.25, 0.3) is 0 Å². The van der Waals surface area contributed by atoms with Crippen molar-refractivity contribution in [3.63, 3.8) is 0 Å². The first-order valence-corrected chi connectivity index (χ1v) is 7.07. The largest absolute Gasteiger partial charge is 0.444 e. The lowest BCUT2D eigenvalue weighted by atomic mass is 10.0. The van der Waals surface area contributed by atoms with Crippen LogP contribution in [0.25, 0.3) is 0 Å². The molecule has 1 atom stereocenters. The Kier molecular flexibility index (Phi) is 6.21. The zero-order valence-electron chi connectivity index (χ0n) is 13.1. The highest BCUT2D eigenvalue weighted by molar-refractivity contribution is 5.75. The van der Waals surface area contributed by atoms with Crippen molar-refractivity contribution in [2.45, 2.75) is 45.3 Å². The van der Waals surface area contributed by atoms with E-state index in [-0.39, 0.29) is 11.9 Å². The van der Waals surface area contributed by atoms with Gasteiger partial charge in [-0.3, -0.25) is 4.79 Å². The molecule has 2 N–H and O–H groups in total. The molecule has 0 saturated heterocycles. The Morgan fingerprint density at radius 1 is 1.19 bits per heavy atom. The Morgan fingerprint density at radius 2 is 1.81 bits per heavy atom. The smallest absolute Gasteiger partial charge is 0.408 e. The van der Waals surface area contributed by atoms with Crippen LogP contribution in [0.4, 0.5) is 4.79 Å². The van der Waals surface area contributed by atoms with Crippen LogP contribution in [0.15, 0.2) is 30.3 Å². The number of carbonyl (C=O) groups excluding carboxylic acids is 2. The molecule has 0 bridgehead atoms. The standard InChI is InChI=1S/C16H24N2O3/c1-16(2,3)21-15(20)18-13(10-11-14(19)17-4)12-8-6-5-7-9-12/h5-9,13H,10-11H2,1-4H3,(H,17,19)(H,18,20)/t13-/m0/s1. The molecule has 0 aliphatic carbocycles. The van der Waals surface area contributed by atoms with Crippen LogP contribution in [0.2, 0.25) is 0 Å². The third-order valence-electron chi connectivity index (χ3n) is 2.83. The molecule has 0 radical (unpaired) electrons. The molecule has 0 heterocycles. The molecule has 0 unspecified atom stereocenters. The summed E-state index contributed by atoms with van der Waals surface area (Å²) >= 11 is 0. The Bertz CT molecular complexity index is 466. The van der Waals surface area contributed by atoms with Gasteiger partial charge in [0.2, 0.25) is 5.91 Å². The summed E-state index contributed by atoms with van der Waals surface area (Å²) in [6.45, 7) is 5.44. The number of hydrogen-bond donors (Lipinski definition) is 2. The summed E-state index contributed by atoms with van der Waals surface area (Å²) in [7, 11) is 1.60. The average Bonchev–Trinajstić information content (AvgIpc) is 2.42. The number of alkyl carbamates (subject to hydrolysis) is 1. The average molecular weight is 292 g/mol. The van der Waals surface area contributed by atoms with E-state index in [9.17, 15) is 9.59 Å². The predicted octanol–water partition coefficient (Wildman–Crippen LogP) is 2.78. The van der Waals surface area contributed by atoms with Crippen LogP contribution < -0.4 is 10.6 Å². The summed E-state index contributed by atoms with van der Waals surface area (Å²) < 4.78 is 5.27. The van der Waals surface area contributed by atoms with E-state index in [4.69, 9.17) is 4.74 Å². The van der Waals surface area contributed by atoms with Gasteiger partial charge >= 0.3 is 6.09 Å². The Labute approximate surface area is 126 Å². The van der Waals surface area contributed by atoms with Gasteiger partial charge in [-0.15, -0.1) is 0 Å². The fourth-order valence-electron chi connectivity index (χ4n) is 1.86. The van der Waals surface area contributed by atoms with Crippen LogP contribution in [-0.4, -0.2) is 24.6 Å². The maximum absolute atomic E-state index is 11.9. The Morgan fingerprint density at radius 3 is 2.33 bits per heavy atom. The molecule has 1 aromatic rings. The van der Waals surface area contributed by atoms with Crippen molar-refractivity contribution in [1.29, 1.82) is 0 Å². The van der Waals surface area contributed by atoms with Gasteiger partial charge in [0.1, 0.15) is 5.60 Å². The second kappa shape index (κ2) is 7.67. The molecule has 0 aliphatic rings. The summed E-state index contributed by atoms with van der Waals surface area (Å²) in [5.74, 6) is -0.0538. The van der Waals surface area contributed by atoms with Crippen molar-refractivity contribution in [3.8, 4) is 0 Å². The summed E-state index contributed by atoms with van der Waals surface area (Å²) in [5, 5.41) is 5.41. The second-order valence-electron chi connectivity index (χ2n) is 5.82. The van der Waals surface area contributed by atoms with Gasteiger partial charge in [-0.2, -0.15) is 0 Å². The highest BCUT2D eigenvalue weighted by Gasteiger charge is 2.20. The topological polar surface area (TPSA) is 67.4 Å². The number of rotatable bonds is 5. The first-order chi connectivity index (χ1) is 9.81. The van der Waals surface area contributed by atoms with Crippen molar-refractivity contribution >= 4 is 12.0 Å². The van der Waals surface area contributed by atoms with Crippen LogP contribution in [-0.2, 0) is 9.53 Å². The van der Waals surface area contributed by atoms with Gasteiger partial charge < -0.3 is 15.4 Å². The SMILES string of the molecule is CNC(=O)CC[C@H](NC(=O)OC(C)(C)C)c1ccccc1. The lowest BCUT2D eigenvalue weighted by Gasteiger charge is -2.24. The van der Waals surface area contributed by atoms with Crippen molar-refractivity contribution in [1.82, 2.24) is 10.6 Å². The first kappa shape index (κ1) is 17.0. The van der Waals surface area contributed by atoms with Gasteiger partial charge in [0.15, 0.2) is 0 Å². The Balaban J connectivity index is 2.73. The third kappa shape index (κ3) is 6.79. The minimum Gasteiger partial charge on any atom is -0.444 e. The molecule has 5 heteroatoms. The maximum Gasteiger partial charge on any atom is 0.408 e. The first-order valence-electron chi connectivity index (χ1n) is 7.07. The van der Waals surface area contributed by atoms with E-state index in [0.717, 1.165) is 5.56 Å². The van der Waals surface area contributed by atoms with E-state index >= 15 is 0 Å². The molecule has 116 valence electrons. The number of benzene rings is 1. The molecule has 0 fully saturated rings. The summed E-state index contributed by atoms with van der Waals surface area (Å²) in [4.78, 5) is 23.3. The molecule has 0 aromatic heterocycles. The van der Waals surface area contributed by atoms with Gasteiger partial charge in [0.05, 0.1) is 6.04 Å². The molecule has 2 amide bonds. The number of carbonyl (C=O) groups is 2. The molecular weight excluding hydrogens is 268 g/mol. The highest BCUT2D eigenvalue weighted by Crippen LogP contribution is 2.19. The zero-order valence-corrected chi connectivity index (χ0v) is 13.1. The quantitative estimate of drug-likeness (QED) is 0.877. The lowest BCUT2D eigenvalue weighted by molar-refractivity contribution is -0.120. The number of hydrogen-bond acceptors (Lipinski definition) is 3. The van der Waals surface area contributed by atoms with E-state index in [1.54, 1.807) is 7.05 Å². The number of nitrogens with one attached hydrogen (secondary N) is 2. The third-order valence-corrected chi connectivity index (χ3v) is 2.83. The number of amides is 2. The van der Waals surface area contributed by atoms with Crippen LogP contribution in [0.1, 0.15) is 45.2 Å². The van der Waals surface area contributed by atoms with E-state index in [1.165, 1.54) is 0 Å². The van der Waals surface area contributed by atoms with Gasteiger partial charge in [0, 0.05) is 13.5 Å². The molecule has 1 rings (SSSR count). The lowest BCUT2D eigenvalue weighted by Crippen LogP contribution is -2.35. The van der Waals surface area contributed by atoms with Crippen LogP contribution in [0, 0.1) is 0 Å². The minimum absolute atomic E-state index is 0.0538. The predicted molar refractivity (Wildman–Crippen MR) is 81.9 cm³/mol. The van der Waals surface area contributed by atoms with Crippen molar-refractivity contribution in [3.05, 3.63) is 35.9 Å². The summed E-state index contributed by atoms with van der Waals surface area (Å²) in [6, 6.07) is 9.31. The van der Waals surface area contributed by atoms with Gasteiger partial charge in [-0.25, -0.2) is 4.79 Å². The van der Waals surface area contributed by atoms with E-state index in [2.05, 4.69) is 10.6 Å². The van der Waals surface area contributed by atoms with Crippen molar-refractivity contribution in [2.24, 2.45) is 0 Å². The zero-order chi connectivity index (χ0) is 15.9. The van der Waals surface area contributed by atoms with Crippen LogP contribution in [0.3, 0.4) is 0 Å². The van der Waals surface area contributed by atoms with Crippen LogP contribution in [0.5, 0.6) is 0 Å². The molecule has 0 spiro atoms. The van der Waals surface area contributed by atoms with Crippen molar-refractivity contribution in [2.75, 3.05) is 7.05 Å². The van der Waals surface area contributed by atoms with E-state index in [1.807, 2.05) is 51.1 Å². The van der Waals surface area contributed by atoms with E-state index in [0.29, 0.717) is 12.8 Å². The normalized spacial score (nSPS) is 12.4. The second-order valence-corrected chi connectivity index (χ2v) is 5.82. The van der Waals surface area contributed by atoms with Gasteiger partial charge in [-0.05, 0) is 32.8 Å². The fourth-order valence-corrected chi connectivity index (χ4v) is 1.86. The van der Waals surface area contributed by atoms with Crippen molar-refractivity contribution < 1.29 is 14.3 Å². The highest BCUT2D eigenvalue weighted by atomic mass is 16.6. The fraction of sp³-hybridized carbons (Fsp3) is 0.500. The van der Waals surface area contributed by atoms with E-state index < -0.39 is 11.7 Å². The maximum atomic E-state index is 11.9. The molecule has 1 aromatic carbocycles. The monoisotopic (exact) mass is 292 g/mol. The molecular formula is C16H24N2O3. The molecule has 0 saturated carbocycles. The molecule has 21 heavy (non-hydrogen) atoms. The Hall–Kier alpha value is -2.04. The van der Waals surface area contributed by atoms with Gasteiger partial charge in [-0.1, -0.05) is 30.3 Å². The summed E-state index contributed by atoms with van der Waals surface area (Å²) in [5.41, 5.74) is 0.402. The summed E-state index contributed by atoms with van der Waals surface area (Å²) in [6.07, 6.45) is 0.377.